The van der Waals surface area contributed by atoms with E-state index in [1.54, 1.807) is 24.7 Å². The van der Waals surface area contributed by atoms with Gasteiger partial charge in [-0.15, -0.1) is 0 Å². The van der Waals surface area contributed by atoms with Gasteiger partial charge in [0.1, 0.15) is 6.61 Å². The van der Waals surface area contributed by atoms with E-state index in [0.717, 1.165) is 26.5 Å². The zero-order chi connectivity index (χ0) is 19.2. The summed E-state index contributed by atoms with van der Waals surface area (Å²) in [5, 5.41) is 5.04. The molecule has 0 aliphatic heterocycles. The van der Waals surface area contributed by atoms with E-state index in [-0.39, 0.29) is 0 Å². The Bertz CT molecular complexity index is 1060. The first kappa shape index (κ1) is 18.0. The first-order chi connectivity index (χ1) is 13.8. The summed E-state index contributed by atoms with van der Waals surface area (Å²) in [5.41, 5.74) is 5.96. The maximum Gasteiger partial charge on any atom is 0.204 e. The molecule has 28 heavy (non-hydrogen) atoms. The molecule has 0 aliphatic rings. The number of para-hydroxylation sites is 1. The summed E-state index contributed by atoms with van der Waals surface area (Å²) in [7, 11) is 1.63. The monoisotopic (exact) mass is 389 g/mol. The normalized spacial score (nSPS) is 11.0. The van der Waals surface area contributed by atoms with E-state index in [0.29, 0.717) is 18.1 Å². The quantitative estimate of drug-likeness (QED) is 0.343. The largest absolute Gasteiger partial charge is 0.493 e. The van der Waals surface area contributed by atoms with Crippen molar-refractivity contribution in [1.29, 1.82) is 0 Å². The van der Waals surface area contributed by atoms with Gasteiger partial charge in [-0.2, -0.15) is 5.10 Å². The summed E-state index contributed by atoms with van der Waals surface area (Å²) in [4.78, 5) is 4.49. The summed E-state index contributed by atoms with van der Waals surface area (Å²) in [6.07, 6.45) is 1.73. The van der Waals surface area contributed by atoms with Crippen molar-refractivity contribution < 1.29 is 9.47 Å². The predicted molar refractivity (Wildman–Crippen MR) is 115 cm³/mol. The minimum Gasteiger partial charge on any atom is -0.493 e. The van der Waals surface area contributed by atoms with Gasteiger partial charge in [0.25, 0.3) is 0 Å². The van der Waals surface area contributed by atoms with Crippen LogP contribution in [-0.4, -0.2) is 18.3 Å². The molecule has 0 fully saturated rings. The molecule has 0 aliphatic carbocycles. The lowest BCUT2D eigenvalue weighted by Crippen LogP contribution is -1.98. The first-order valence-electron chi connectivity index (χ1n) is 8.81. The fourth-order valence-corrected chi connectivity index (χ4v) is 3.52. The van der Waals surface area contributed by atoms with Crippen LogP contribution in [0.2, 0.25) is 0 Å². The van der Waals surface area contributed by atoms with Crippen LogP contribution in [0, 0.1) is 0 Å². The number of thiazole rings is 1. The maximum atomic E-state index is 5.88. The number of nitrogens with zero attached hydrogens (tertiary/aromatic N) is 2. The number of hydrogen-bond donors (Lipinski definition) is 1. The van der Waals surface area contributed by atoms with E-state index in [2.05, 4.69) is 15.5 Å². The highest BCUT2D eigenvalue weighted by molar-refractivity contribution is 7.22. The van der Waals surface area contributed by atoms with Crippen LogP contribution in [-0.2, 0) is 6.61 Å². The van der Waals surface area contributed by atoms with Crippen LogP contribution < -0.4 is 14.9 Å². The highest BCUT2D eigenvalue weighted by atomic mass is 32.1. The van der Waals surface area contributed by atoms with Crippen LogP contribution in [0.4, 0.5) is 5.13 Å². The molecule has 0 amide bonds. The SMILES string of the molecule is COc1cc(/C=N\Nc2nc3ccccc3s2)ccc1OCc1ccccc1. The van der Waals surface area contributed by atoms with Crippen molar-refractivity contribution >= 4 is 32.9 Å². The van der Waals surface area contributed by atoms with Crippen molar-refractivity contribution in [2.75, 3.05) is 12.5 Å². The number of anilines is 1. The lowest BCUT2D eigenvalue weighted by Gasteiger charge is -2.11. The Hall–Kier alpha value is -3.38. The third-order valence-corrected chi connectivity index (χ3v) is 5.03. The molecule has 1 aromatic heterocycles. The number of hydrogen-bond acceptors (Lipinski definition) is 6. The molecule has 0 unspecified atom stereocenters. The fraction of sp³-hybridized carbons (Fsp3) is 0.0909. The Balaban J connectivity index is 1.42. The molecule has 5 nitrogen and oxygen atoms in total. The molecule has 4 rings (SSSR count). The number of methoxy groups -OCH3 is 1. The van der Waals surface area contributed by atoms with Crippen molar-refractivity contribution in [2.45, 2.75) is 6.61 Å². The van der Waals surface area contributed by atoms with Gasteiger partial charge in [0.05, 0.1) is 23.5 Å². The number of aromatic nitrogens is 1. The van der Waals surface area contributed by atoms with Gasteiger partial charge in [0, 0.05) is 0 Å². The molecule has 0 saturated heterocycles. The second-order valence-corrected chi connectivity index (χ2v) is 7.07. The lowest BCUT2D eigenvalue weighted by molar-refractivity contribution is 0.284. The highest BCUT2D eigenvalue weighted by Crippen LogP contribution is 2.29. The number of nitrogens with one attached hydrogen (secondary N) is 1. The number of rotatable bonds is 7. The summed E-state index contributed by atoms with van der Waals surface area (Å²) < 4.78 is 12.5. The third-order valence-electron chi connectivity index (χ3n) is 4.09. The standard InChI is InChI=1S/C22H19N3O2S/c1-26-20-13-17(11-12-19(20)27-15-16-7-3-2-4-8-16)14-23-25-22-24-18-9-5-6-10-21(18)28-22/h2-14H,15H2,1H3,(H,24,25)/b23-14-. The van der Waals surface area contributed by atoms with Crippen molar-refractivity contribution in [3.05, 3.63) is 83.9 Å². The number of ether oxygens (including phenoxy) is 2. The zero-order valence-electron chi connectivity index (χ0n) is 15.3. The molecular weight excluding hydrogens is 370 g/mol. The Morgan fingerprint density at radius 2 is 1.82 bits per heavy atom. The number of benzene rings is 3. The van der Waals surface area contributed by atoms with E-state index < -0.39 is 0 Å². The van der Waals surface area contributed by atoms with Gasteiger partial charge in [0.2, 0.25) is 5.13 Å². The molecule has 0 saturated carbocycles. The number of fused-ring (bicyclic) bond motifs is 1. The van der Waals surface area contributed by atoms with E-state index >= 15 is 0 Å². The predicted octanol–water partition coefficient (Wildman–Crippen LogP) is 5.33. The van der Waals surface area contributed by atoms with Gasteiger partial charge >= 0.3 is 0 Å². The summed E-state index contributed by atoms with van der Waals surface area (Å²) in [5.74, 6) is 1.36. The van der Waals surface area contributed by atoms with Crippen molar-refractivity contribution in [3.8, 4) is 11.5 Å². The topological polar surface area (TPSA) is 55.7 Å². The van der Waals surface area contributed by atoms with Crippen molar-refractivity contribution in [2.24, 2.45) is 5.10 Å². The van der Waals surface area contributed by atoms with E-state index in [9.17, 15) is 0 Å². The Labute approximate surface area is 167 Å². The Morgan fingerprint density at radius 1 is 1.00 bits per heavy atom. The molecule has 0 bridgehead atoms. The number of hydrazone groups is 1. The smallest absolute Gasteiger partial charge is 0.204 e. The first-order valence-corrected chi connectivity index (χ1v) is 9.63. The lowest BCUT2D eigenvalue weighted by atomic mass is 10.2. The molecule has 1 heterocycles. The van der Waals surface area contributed by atoms with Crippen LogP contribution >= 0.6 is 11.3 Å². The summed E-state index contributed by atoms with van der Waals surface area (Å²) >= 11 is 1.57. The van der Waals surface area contributed by atoms with Gasteiger partial charge < -0.3 is 9.47 Å². The van der Waals surface area contributed by atoms with Gasteiger partial charge in [0.15, 0.2) is 11.5 Å². The average molecular weight is 389 g/mol. The Morgan fingerprint density at radius 3 is 2.64 bits per heavy atom. The van der Waals surface area contributed by atoms with Gasteiger partial charge in [-0.1, -0.05) is 53.8 Å². The van der Waals surface area contributed by atoms with Crippen LogP contribution in [0.1, 0.15) is 11.1 Å². The molecule has 140 valence electrons. The van der Waals surface area contributed by atoms with Crippen LogP contribution in [0.3, 0.4) is 0 Å². The fourth-order valence-electron chi connectivity index (χ4n) is 2.70. The van der Waals surface area contributed by atoms with Gasteiger partial charge in [-0.05, 0) is 41.5 Å². The second kappa shape index (κ2) is 8.54. The van der Waals surface area contributed by atoms with Gasteiger partial charge in [-0.25, -0.2) is 4.98 Å². The summed E-state index contributed by atoms with van der Waals surface area (Å²) in [6, 6.07) is 23.8. The van der Waals surface area contributed by atoms with E-state index in [1.807, 2.05) is 72.8 Å². The van der Waals surface area contributed by atoms with Crippen LogP contribution in [0.25, 0.3) is 10.2 Å². The minimum atomic E-state index is 0.490. The van der Waals surface area contributed by atoms with Crippen LogP contribution in [0.5, 0.6) is 11.5 Å². The average Bonchev–Trinajstić information content (AvgIpc) is 3.16. The van der Waals surface area contributed by atoms with Crippen LogP contribution in [0.15, 0.2) is 77.9 Å². The highest BCUT2D eigenvalue weighted by Gasteiger charge is 2.06. The zero-order valence-corrected chi connectivity index (χ0v) is 16.1. The molecule has 6 heteroatoms. The van der Waals surface area contributed by atoms with Gasteiger partial charge in [-0.3, -0.25) is 5.43 Å². The molecule has 4 aromatic rings. The Kier molecular flexibility index (Phi) is 5.49. The third kappa shape index (κ3) is 4.29. The molecule has 3 aromatic carbocycles. The molecular formula is C22H19N3O2S. The van der Waals surface area contributed by atoms with Crippen molar-refractivity contribution in [3.63, 3.8) is 0 Å². The van der Waals surface area contributed by atoms with Crippen molar-refractivity contribution in [1.82, 2.24) is 4.98 Å². The molecule has 1 N–H and O–H groups in total. The maximum absolute atomic E-state index is 5.88. The van der Waals surface area contributed by atoms with E-state index in [1.165, 1.54) is 0 Å². The molecule has 0 radical (unpaired) electrons. The minimum absolute atomic E-state index is 0.490. The molecule has 0 spiro atoms. The second-order valence-electron chi connectivity index (χ2n) is 6.04. The van der Waals surface area contributed by atoms with E-state index in [4.69, 9.17) is 9.47 Å². The molecule has 0 atom stereocenters. The summed E-state index contributed by atoms with van der Waals surface area (Å²) in [6.45, 7) is 0.490.